The van der Waals surface area contributed by atoms with E-state index in [4.69, 9.17) is 4.74 Å². The molecule has 0 spiro atoms. The summed E-state index contributed by atoms with van der Waals surface area (Å²) in [6.45, 7) is 3.77. The van der Waals surface area contributed by atoms with Gasteiger partial charge in [0.05, 0.1) is 0 Å². The Hall–Kier alpha value is -2.37. The lowest BCUT2D eigenvalue weighted by atomic mass is 9.87. The van der Waals surface area contributed by atoms with Gasteiger partial charge in [0.25, 0.3) is 0 Å². The first-order valence-electron chi connectivity index (χ1n) is 10.0. The highest BCUT2D eigenvalue weighted by Gasteiger charge is 2.31. The molecule has 2 aromatic heterocycles. The van der Waals surface area contributed by atoms with Crippen LogP contribution in [0.25, 0.3) is 0 Å². The van der Waals surface area contributed by atoms with Gasteiger partial charge >= 0.3 is 0 Å². The highest BCUT2D eigenvalue weighted by molar-refractivity contribution is 5.79. The maximum absolute atomic E-state index is 13.0. The third-order valence-corrected chi connectivity index (χ3v) is 5.81. The number of aryl methyl sites for hydroxylation is 2. The van der Waals surface area contributed by atoms with Crippen LogP contribution in [-0.2, 0) is 31.4 Å². The van der Waals surface area contributed by atoms with E-state index in [0.717, 1.165) is 42.8 Å². The van der Waals surface area contributed by atoms with Gasteiger partial charge in [-0.3, -0.25) is 9.48 Å². The van der Waals surface area contributed by atoms with Crippen molar-refractivity contribution in [3.63, 3.8) is 0 Å². The Morgan fingerprint density at radius 2 is 2.07 bits per heavy atom. The quantitative estimate of drug-likeness (QED) is 0.832. The molecule has 4 rings (SSSR count). The van der Waals surface area contributed by atoms with E-state index in [1.54, 1.807) is 0 Å². The van der Waals surface area contributed by atoms with Crippen molar-refractivity contribution in [2.24, 2.45) is 13.0 Å². The van der Waals surface area contributed by atoms with E-state index >= 15 is 0 Å². The second kappa shape index (κ2) is 7.71. The second-order valence-electron chi connectivity index (χ2n) is 7.75. The zero-order valence-electron chi connectivity index (χ0n) is 16.3. The Kier molecular flexibility index (Phi) is 5.14. The van der Waals surface area contributed by atoms with Crippen LogP contribution in [0.1, 0.15) is 54.7 Å². The van der Waals surface area contributed by atoms with Crippen LogP contribution in [0.3, 0.4) is 0 Å². The van der Waals surface area contributed by atoms with Gasteiger partial charge in [0, 0.05) is 55.5 Å². The Labute approximate surface area is 160 Å². The maximum Gasteiger partial charge on any atom is 0.225 e. The van der Waals surface area contributed by atoms with Crippen LogP contribution in [-0.4, -0.2) is 32.1 Å². The molecule has 6 heteroatoms. The van der Waals surface area contributed by atoms with Crippen LogP contribution in [0.4, 0.5) is 0 Å². The lowest BCUT2D eigenvalue weighted by Gasteiger charge is -2.32. The molecule has 27 heavy (non-hydrogen) atoms. The van der Waals surface area contributed by atoms with Crippen molar-refractivity contribution in [1.82, 2.24) is 19.7 Å². The van der Waals surface area contributed by atoms with Crippen molar-refractivity contribution < 1.29 is 9.53 Å². The molecule has 3 heterocycles. The van der Waals surface area contributed by atoms with E-state index in [-0.39, 0.29) is 5.92 Å². The van der Waals surface area contributed by atoms with Gasteiger partial charge in [-0.25, -0.2) is 4.98 Å². The molecule has 1 saturated carbocycles. The van der Waals surface area contributed by atoms with Crippen molar-refractivity contribution in [3.8, 4) is 5.88 Å². The van der Waals surface area contributed by atoms with Crippen LogP contribution in [0.15, 0.2) is 18.2 Å². The zero-order valence-corrected chi connectivity index (χ0v) is 16.3. The third kappa shape index (κ3) is 3.84. The smallest absolute Gasteiger partial charge is 0.225 e. The van der Waals surface area contributed by atoms with Crippen LogP contribution >= 0.6 is 0 Å². The SMILES string of the molecule is Cc1cccc(OCc2nn(C)c3c2CN(C(=O)C2CCCCC2)CC3)n1. The molecule has 1 fully saturated rings. The van der Waals surface area contributed by atoms with E-state index in [9.17, 15) is 4.79 Å². The first-order valence-corrected chi connectivity index (χ1v) is 10.0. The normalized spacial score (nSPS) is 17.6. The number of pyridine rings is 1. The van der Waals surface area contributed by atoms with E-state index in [0.29, 0.717) is 24.9 Å². The van der Waals surface area contributed by atoms with Crippen LogP contribution in [0, 0.1) is 12.8 Å². The number of nitrogens with zero attached hydrogens (tertiary/aromatic N) is 4. The highest BCUT2D eigenvalue weighted by Crippen LogP contribution is 2.29. The number of hydrogen-bond donors (Lipinski definition) is 0. The number of carbonyl (C=O) groups is 1. The third-order valence-electron chi connectivity index (χ3n) is 5.81. The summed E-state index contributed by atoms with van der Waals surface area (Å²) in [5, 5.41) is 4.66. The monoisotopic (exact) mass is 368 g/mol. The molecule has 144 valence electrons. The van der Waals surface area contributed by atoms with Gasteiger partial charge in [0.1, 0.15) is 12.3 Å². The minimum absolute atomic E-state index is 0.216. The fourth-order valence-corrected chi connectivity index (χ4v) is 4.32. The number of rotatable bonds is 4. The lowest BCUT2D eigenvalue weighted by Crippen LogP contribution is -2.40. The second-order valence-corrected chi connectivity index (χ2v) is 7.75. The molecule has 2 aromatic rings. The van der Waals surface area contributed by atoms with Crippen molar-refractivity contribution >= 4 is 5.91 Å². The predicted molar refractivity (Wildman–Crippen MR) is 102 cm³/mol. The molecule has 1 amide bonds. The van der Waals surface area contributed by atoms with E-state index < -0.39 is 0 Å². The number of aromatic nitrogens is 3. The standard InChI is InChI=1S/C21H28N4O2/c1-15-7-6-10-20(22-15)27-14-18-17-13-25(12-11-19(17)24(2)23-18)21(26)16-8-4-3-5-9-16/h6-7,10,16H,3-5,8-9,11-14H2,1-2H3. The van der Waals surface area contributed by atoms with Gasteiger partial charge in [-0.05, 0) is 25.8 Å². The van der Waals surface area contributed by atoms with Crippen molar-refractivity contribution in [2.75, 3.05) is 6.54 Å². The lowest BCUT2D eigenvalue weighted by molar-refractivity contribution is -0.137. The van der Waals surface area contributed by atoms with Crippen LogP contribution in [0.2, 0.25) is 0 Å². The topological polar surface area (TPSA) is 60.2 Å². The molecule has 0 N–H and O–H groups in total. The molecule has 0 aromatic carbocycles. The van der Waals surface area contributed by atoms with Gasteiger partial charge < -0.3 is 9.64 Å². The summed E-state index contributed by atoms with van der Waals surface area (Å²) in [5.41, 5.74) is 4.22. The fraction of sp³-hybridized carbons (Fsp3) is 0.571. The summed E-state index contributed by atoms with van der Waals surface area (Å²) < 4.78 is 7.82. The molecule has 0 unspecified atom stereocenters. The predicted octanol–water partition coefficient (Wildman–Crippen LogP) is 3.17. The number of hydrogen-bond acceptors (Lipinski definition) is 4. The van der Waals surface area contributed by atoms with Crippen molar-refractivity contribution in [2.45, 2.75) is 58.6 Å². The average molecular weight is 368 g/mol. The number of fused-ring (bicyclic) bond motifs is 1. The van der Waals surface area contributed by atoms with E-state index in [1.807, 2.05) is 41.8 Å². The summed E-state index contributed by atoms with van der Waals surface area (Å²) >= 11 is 0. The summed E-state index contributed by atoms with van der Waals surface area (Å²) in [4.78, 5) is 19.4. The molecule has 1 aliphatic heterocycles. The zero-order chi connectivity index (χ0) is 18.8. The molecule has 2 aliphatic rings. The molecule has 0 saturated heterocycles. The van der Waals surface area contributed by atoms with Crippen LogP contribution < -0.4 is 4.74 Å². The molecule has 0 atom stereocenters. The van der Waals surface area contributed by atoms with Crippen molar-refractivity contribution in [3.05, 3.63) is 40.8 Å². The number of amides is 1. The minimum Gasteiger partial charge on any atom is -0.471 e. The largest absolute Gasteiger partial charge is 0.471 e. The molecule has 0 bridgehead atoms. The Morgan fingerprint density at radius 3 is 2.85 bits per heavy atom. The summed E-state index contributed by atoms with van der Waals surface area (Å²) in [5.74, 6) is 1.16. The number of ether oxygens (including phenoxy) is 1. The molecule has 0 radical (unpaired) electrons. The van der Waals surface area contributed by atoms with Gasteiger partial charge in [0.15, 0.2) is 0 Å². The molecule has 6 nitrogen and oxygen atoms in total. The molecule has 1 aliphatic carbocycles. The first kappa shape index (κ1) is 18.0. The summed E-state index contributed by atoms with van der Waals surface area (Å²) in [6.07, 6.45) is 6.59. The number of carbonyl (C=O) groups excluding carboxylic acids is 1. The molecular formula is C21H28N4O2. The molecular weight excluding hydrogens is 340 g/mol. The van der Waals surface area contributed by atoms with Gasteiger partial charge in [-0.2, -0.15) is 5.10 Å². The summed E-state index contributed by atoms with van der Waals surface area (Å²) in [6, 6.07) is 5.75. The highest BCUT2D eigenvalue weighted by atomic mass is 16.5. The van der Waals surface area contributed by atoms with Gasteiger partial charge in [-0.1, -0.05) is 25.3 Å². The van der Waals surface area contributed by atoms with E-state index in [2.05, 4.69) is 10.1 Å². The fourth-order valence-electron chi connectivity index (χ4n) is 4.32. The van der Waals surface area contributed by atoms with Gasteiger partial charge in [-0.15, -0.1) is 0 Å². The van der Waals surface area contributed by atoms with Crippen molar-refractivity contribution in [1.29, 1.82) is 0 Å². The van der Waals surface area contributed by atoms with Crippen LogP contribution in [0.5, 0.6) is 5.88 Å². The van der Waals surface area contributed by atoms with E-state index in [1.165, 1.54) is 25.0 Å². The minimum atomic E-state index is 0.216. The Bertz CT molecular complexity index is 824. The Balaban J connectivity index is 1.47. The van der Waals surface area contributed by atoms with Gasteiger partial charge in [0.2, 0.25) is 11.8 Å². The maximum atomic E-state index is 13.0. The first-order chi connectivity index (χ1) is 13.1. The summed E-state index contributed by atoms with van der Waals surface area (Å²) in [7, 11) is 1.98. The Morgan fingerprint density at radius 1 is 1.26 bits per heavy atom. The average Bonchev–Trinajstić information content (AvgIpc) is 3.02.